The molecule has 0 aliphatic carbocycles. The van der Waals surface area contributed by atoms with Crippen molar-refractivity contribution < 1.29 is 14.7 Å². The molecule has 1 rings (SSSR count). The van der Waals surface area contributed by atoms with Crippen molar-refractivity contribution in [3.63, 3.8) is 0 Å². The minimum atomic E-state index is -1.11. The fraction of sp³-hybridized carbons (Fsp3) is 0.643. The summed E-state index contributed by atoms with van der Waals surface area (Å²) in [5.41, 5.74) is -0.0752. The van der Waals surface area contributed by atoms with Crippen LogP contribution in [0.4, 0.5) is 0 Å². The molecule has 0 atom stereocenters. The number of rotatable bonds is 9. The highest BCUT2D eigenvalue weighted by atomic mass is 32.1. The topological polar surface area (TPSA) is 79.3 Å². The van der Waals surface area contributed by atoms with Gasteiger partial charge in [-0.3, -0.25) is 4.79 Å². The molecule has 1 amide bonds. The standard InChI is InChI=1S/C14H22N2O3S/c1-10(2)7-5-3-4-6-8-15-12(17)13-16-11(9-20-13)14(18)19/h9-10H,3-8H2,1-2H3,(H,15,17)(H,18,19). The number of amides is 1. The van der Waals surface area contributed by atoms with E-state index >= 15 is 0 Å². The van der Waals surface area contributed by atoms with Crippen LogP contribution in [-0.2, 0) is 0 Å². The third-order valence-electron chi connectivity index (χ3n) is 2.91. The summed E-state index contributed by atoms with van der Waals surface area (Å²) in [6, 6.07) is 0. The van der Waals surface area contributed by atoms with Gasteiger partial charge in [0.2, 0.25) is 0 Å². The molecule has 1 aromatic rings. The van der Waals surface area contributed by atoms with Crippen molar-refractivity contribution >= 4 is 23.2 Å². The summed E-state index contributed by atoms with van der Waals surface area (Å²) >= 11 is 1.06. The Kier molecular flexibility index (Phi) is 7.22. The van der Waals surface area contributed by atoms with E-state index in [-0.39, 0.29) is 16.6 Å². The monoisotopic (exact) mass is 298 g/mol. The zero-order valence-electron chi connectivity index (χ0n) is 12.0. The average Bonchev–Trinajstić information content (AvgIpc) is 2.86. The van der Waals surface area contributed by atoms with Crippen LogP contribution in [0, 0.1) is 5.92 Å². The van der Waals surface area contributed by atoms with Crippen LogP contribution < -0.4 is 5.32 Å². The quantitative estimate of drug-likeness (QED) is 0.686. The van der Waals surface area contributed by atoms with Gasteiger partial charge in [-0.1, -0.05) is 39.5 Å². The minimum Gasteiger partial charge on any atom is -0.476 e. The molecule has 1 aromatic heterocycles. The van der Waals surface area contributed by atoms with Crippen molar-refractivity contribution in [2.24, 2.45) is 5.92 Å². The van der Waals surface area contributed by atoms with Gasteiger partial charge in [0.1, 0.15) is 0 Å². The first-order chi connectivity index (χ1) is 9.50. The number of carboxylic acids is 1. The Hall–Kier alpha value is -1.43. The number of nitrogens with zero attached hydrogens (tertiary/aromatic N) is 1. The number of carbonyl (C=O) groups excluding carboxylic acids is 1. The van der Waals surface area contributed by atoms with E-state index in [4.69, 9.17) is 5.11 Å². The number of carbonyl (C=O) groups is 2. The number of carboxylic acid groups (broad SMARTS) is 1. The zero-order chi connectivity index (χ0) is 15.0. The summed E-state index contributed by atoms with van der Waals surface area (Å²) in [7, 11) is 0. The molecule has 20 heavy (non-hydrogen) atoms. The predicted octanol–water partition coefficient (Wildman–Crippen LogP) is 3.18. The lowest BCUT2D eigenvalue weighted by Gasteiger charge is -2.05. The Morgan fingerprint density at radius 1 is 1.30 bits per heavy atom. The minimum absolute atomic E-state index is 0.0752. The first-order valence-electron chi connectivity index (χ1n) is 6.97. The largest absolute Gasteiger partial charge is 0.476 e. The molecule has 5 nitrogen and oxygen atoms in total. The Balaban J connectivity index is 2.15. The van der Waals surface area contributed by atoms with E-state index in [9.17, 15) is 9.59 Å². The summed E-state index contributed by atoms with van der Waals surface area (Å²) in [5.74, 6) is -0.641. The maximum Gasteiger partial charge on any atom is 0.355 e. The van der Waals surface area contributed by atoms with Crippen LogP contribution in [-0.4, -0.2) is 28.5 Å². The van der Waals surface area contributed by atoms with Crippen LogP contribution >= 0.6 is 11.3 Å². The van der Waals surface area contributed by atoms with Crippen LogP contribution in [0.25, 0.3) is 0 Å². The Labute approximate surface area is 123 Å². The van der Waals surface area contributed by atoms with E-state index in [1.165, 1.54) is 24.6 Å². The normalized spacial score (nSPS) is 10.8. The van der Waals surface area contributed by atoms with Gasteiger partial charge in [0.05, 0.1) is 0 Å². The third-order valence-corrected chi connectivity index (χ3v) is 3.75. The molecule has 6 heteroatoms. The molecule has 1 heterocycles. The number of aromatic carboxylic acids is 1. The molecule has 0 aliphatic rings. The lowest BCUT2D eigenvalue weighted by Crippen LogP contribution is -2.24. The molecule has 0 bridgehead atoms. The molecular weight excluding hydrogens is 276 g/mol. The SMILES string of the molecule is CC(C)CCCCCCNC(=O)c1nc(C(=O)O)cs1. The number of aromatic nitrogens is 1. The van der Waals surface area contributed by atoms with Crippen molar-refractivity contribution in [1.29, 1.82) is 0 Å². The molecule has 2 N–H and O–H groups in total. The van der Waals surface area contributed by atoms with Crippen LogP contribution in [0.1, 0.15) is 66.2 Å². The molecule has 0 saturated carbocycles. The molecule has 0 fully saturated rings. The highest BCUT2D eigenvalue weighted by Crippen LogP contribution is 2.10. The lowest BCUT2D eigenvalue weighted by molar-refractivity contribution is 0.0691. The molecule has 112 valence electrons. The van der Waals surface area contributed by atoms with Crippen LogP contribution in [0.5, 0.6) is 0 Å². The second-order valence-electron chi connectivity index (χ2n) is 5.20. The number of unbranched alkanes of at least 4 members (excludes halogenated alkanes) is 3. The van der Waals surface area contributed by atoms with Gasteiger partial charge < -0.3 is 10.4 Å². The van der Waals surface area contributed by atoms with Gasteiger partial charge in [-0.2, -0.15) is 0 Å². The maximum atomic E-state index is 11.7. The zero-order valence-corrected chi connectivity index (χ0v) is 12.8. The number of thiazole rings is 1. The van der Waals surface area contributed by atoms with Gasteiger partial charge in [-0.25, -0.2) is 9.78 Å². The summed E-state index contributed by atoms with van der Waals surface area (Å²) in [5, 5.41) is 13.1. The fourth-order valence-electron chi connectivity index (χ4n) is 1.78. The molecule has 0 saturated heterocycles. The van der Waals surface area contributed by atoms with E-state index in [0.29, 0.717) is 6.54 Å². The smallest absolute Gasteiger partial charge is 0.355 e. The predicted molar refractivity (Wildman–Crippen MR) is 79.3 cm³/mol. The van der Waals surface area contributed by atoms with Crippen molar-refractivity contribution in [1.82, 2.24) is 10.3 Å². The summed E-state index contributed by atoms with van der Waals surface area (Å²) in [6.45, 7) is 5.06. The van der Waals surface area contributed by atoms with Gasteiger partial charge >= 0.3 is 5.97 Å². The summed E-state index contributed by atoms with van der Waals surface area (Å²) in [4.78, 5) is 26.1. The van der Waals surface area contributed by atoms with E-state index in [2.05, 4.69) is 24.1 Å². The number of nitrogens with one attached hydrogen (secondary N) is 1. The van der Waals surface area contributed by atoms with E-state index in [0.717, 1.165) is 30.1 Å². The molecule has 0 aliphatic heterocycles. The Morgan fingerprint density at radius 2 is 2.00 bits per heavy atom. The van der Waals surface area contributed by atoms with Gasteiger partial charge in [0.15, 0.2) is 10.7 Å². The van der Waals surface area contributed by atoms with E-state index < -0.39 is 5.97 Å². The molecule has 0 aromatic carbocycles. The van der Waals surface area contributed by atoms with Gasteiger partial charge in [0, 0.05) is 11.9 Å². The Morgan fingerprint density at radius 3 is 2.60 bits per heavy atom. The van der Waals surface area contributed by atoms with Gasteiger partial charge in [0.25, 0.3) is 5.91 Å². The second kappa shape index (κ2) is 8.68. The highest BCUT2D eigenvalue weighted by molar-refractivity contribution is 7.11. The van der Waals surface area contributed by atoms with Gasteiger partial charge in [-0.05, 0) is 12.3 Å². The lowest BCUT2D eigenvalue weighted by atomic mass is 10.0. The average molecular weight is 298 g/mol. The van der Waals surface area contributed by atoms with Gasteiger partial charge in [-0.15, -0.1) is 11.3 Å². The second-order valence-corrected chi connectivity index (χ2v) is 6.05. The molecule has 0 unspecified atom stereocenters. The van der Waals surface area contributed by atoms with Crippen molar-refractivity contribution in [2.45, 2.75) is 46.0 Å². The fourth-order valence-corrected chi connectivity index (χ4v) is 2.49. The van der Waals surface area contributed by atoms with Crippen LogP contribution in [0.15, 0.2) is 5.38 Å². The van der Waals surface area contributed by atoms with E-state index in [1.54, 1.807) is 0 Å². The first-order valence-corrected chi connectivity index (χ1v) is 7.85. The number of hydrogen-bond acceptors (Lipinski definition) is 4. The first kappa shape index (κ1) is 16.6. The van der Waals surface area contributed by atoms with Crippen molar-refractivity contribution in [2.75, 3.05) is 6.54 Å². The van der Waals surface area contributed by atoms with Crippen molar-refractivity contribution in [3.05, 3.63) is 16.1 Å². The summed E-state index contributed by atoms with van der Waals surface area (Å²) in [6.07, 6.45) is 5.73. The van der Waals surface area contributed by atoms with Crippen molar-refractivity contribution in [3.8, 4) is 0 Å². The molecular formula is C14H22N2O3S. The van der Waals surface area contributed by atoms with E-state index in [1.807, 2.05) is 0 Å². The molecule has 0 spiro atoms. The Bertz CT molecular complexity index is 443. The highest BCUT2D eigenvalue weighted by Gasteiger charge is 2.13. The molecule has 0 radical (unpaired) electrons. The van der Waals surface area contributed by atoms with Crippen LogP contribution in [0.2, 0.25) is 0 Å². The maximum absolute atomic E-state index is 11.7. The third kappa shape index (κ3) is 6.14. The summed E-state index contributed by atoms with van der Waals surface area (Å²) < 4.78 is 0. The number of hydrogen-bond donors (Lipinski definition) is 2. The van der Waals surface area contributed by atoms with Crippen LogP contribution in [0.3, 0.4) is 0 Å².